The standard InChI is InChI=1S/C18H13Cl2FN2O4S2/c19-12-8-13(20)10-18(9-12)29(26,27)22-15-4-6-17(7-5-15)28(24,25)23-16-3-1-2-14(21)11-16/h1-11,22-23H. The van der Waals surface area contributed by atoms with Crippen LogP contribution in [0, 0.1) is 5.82 Å². The first-order chi connectivity index (χ1) is 13.5. The van der Waals surface area contributed by atoms with Gasteiger partial charge in [-0.25, -0.2) is 21.2 Å². The zero-order chi connectivity index (χ0) is 21.2. The summed E-state index contributed by atoms with van der Waals surface area (Å²) >= 11 is 11.7. The van der Waals surface area contributed by atoms with Gasteiger partial charge in [0, 0.05) is 15.7 Å². The van der Waals surface area contributed by atoms with E-state index in [2.05, 4.69) is 9.44 Å². The van der Waals surface area contributed by atoms with Gasteiger partial charge in [-0.05, 0) is 60.7 Å². The highest BCUT2D eigenvalue weighted by Gasteiger charge is 2.18. The van der Waals surface area contributed by atoms with Crippen LogP contribution in [0.4, 0.5) is 15.8 Å². The summed E-state index contributed by atoms with van der Waals surface area (Å²) < 4.78 is 67.5. The molecule has 29 heavy (non-hydrogen) atoms. The highest BCUT2D eigenvalue weighted by Crippen LogP contribution is 2.25. The van der Waals surface area contributed by atoms with E-state index in [1.807, 2.05) is 0 Å². The van der Waals surface area contributed by atoms with Crippen LogP contribution in [-0.4, -0.2) is 16.8 Å². The molecule has 0 atom stereocenters. The number of nitrogens with one attached hydrogen (secondary N) is 2. The molecule has 2 N–H and O–H groups in total. The van der Waals surface area contributed by atoms with E-state index in [1.165, 1.54) is 60.7 Å². The van der Waals surface area contributed by atoms with Crippen molar-refractivity contribution >= 4 is 54.6 Å². The van der Waals surface area contributed by atoms with E-state index in [-0.39, 0.29) is 31.2 Å². The summed E-state index contributed by atoms with van der Waals surface area (Å²) in [5, 5.41) is 0.311. The lowest BCUT2D eigenvalue weighted by atomic mass is 10.3. The van der Waals surface area contributed by atoms with Crippen LogP contribution >= 0.6 is 23.2 Å². The summed E-state index contributed by atoms with van der Waals surface area (Å²) in [6.07, 6.45) is 0. The van der Waals surface area contributed by atoms with E-state index in [0.717, 1.165) is 6.07 Å². The van der Waals surface area contributed by atoms with Gasteiger partial charge in [0.1, 0.15) is 5.82 Å². The van der Waals surface area contributed by atoms with Crippen LogP contribution in [0.15, 0.2) is 76.5 Å². The van der Waals surface area contributed by atoms with Crippen molar-refractivity contribution in [2.24, 2.45) is 0 Å². The second-order valence-electron chi connectivity index (χ2n) is 5.85. The van der Waals surface area contributed by atoms with Crippen molar-refractivity contribution in [2.75, 3.05) is 9.44 Å². The van der Waals surface area contributed by atoms with Crippen LogP contribution in [0.5, 0.6) is 0 Å². The lowest BCUT2D eigenvalue weighted by Gasteiger charge is -2.11. The van der Waals surface area contributed by atoms with E-state index < -0.39 is 25.9 Å². The quantitative estimate of drug-likeness (QED) is 0.539. The van der Waals surface area contributed by atoms with Crippen molar-refractivity contribution in [3.05, 3.63) is 82.6 Å². The molecular weight excluding hydrogens is 462 g/mol. The maximum absolute atomic E-state index is 13.2. The molecule has 0 aliphatic carbocycles. The highest BCUT2D eigenvalue weighted by molar-refractivity contribution is 7.93. The van der Waals surface area contributed by atoms with Crippen LogP contribution in [0.3, 0.4) is 0 Å². The highest BCUT2D eigenvalue weighted by atomic mass is 35.5. The van der Waals surface area contributed by atoms with Crippen LogP contribution in [0.1, 0.15) is 0 Å². The number of rotatable bonds is 6. The van der Waals surface area contributed by atoms with Gasteiger partial charge in [-0.2, -0.15) is 0 Å². The largest absolute Gasteiger partial charge is 0.280 e. The van der Waals surface area contributed by atoms with Gasteiger partial charge >= 0.3 is 0 Å². The van der Waals surface area contributed by atoms with Crippen molar-refractivity contribution in [3.8, 4) is 0 Å². The van der Waals surface area contributed by atoms with Gasteiger partial charge in [-0.1, -0.05) is 29.3 Å². The molecule has 0 unspecified atom stereocenters. The number of sulfonamides is 2. The summed E-state index contributed by atoms with van der Waals surface area (Å²) in [7, 11) is -7.97. The van der Waals surface area contributed by atoms with Crippen LogP contribution in [0.2, 0.25) is 10.0 Å². The Morgan fingerprint density at radius 2 is 1.21 bits per heavy atom. The molecular formula is C18H13Cl2FN2O4S2. The number of halogens is 3. The fourth-order valence-electron chi connectivity index (χ4n) is 2.37. The summed E-state index contributed by atoms with van der Waals surface area (Å²) in [6.45, 7) is 0. The van der Waals surface area contributed by atoms with Crippen molar-refractivity contribution < 1.29 is 21.2 Å². The normalized spacial score (nSPS) is 11.8. The SMILES string of the molecule is O=S(=O)(Nc1cccc(F)c1)c1ccc(NS(=O)(=O)c2cc(Cl)cc(Cl)c2)cc1. The molecule has 0 heterocycles. The van der Waals surface area contributed by atoms with Gasteiger partial charge in [-0.15, -0.1) is 0 Å². The molecule has 11 heteroatoms. The molecule has 0 saturated carbocycles. The molecule has 0 fully saturated rings. The molecule has 152 valence electrons. The first-order valence-electron chi connectivity index (χ1n) is 7.92. The van der Waals surface area contributed by atoms with E-state index in [9.17, 15) is 21.2 Å². The van der Waals surface area contributed by atoms with E-state index in [4.69, 9.17) is 23.2 Å². The number of anilines is 2. The Morgan fingerprint density at radius 3 is 1.79 bits per heavy atom. The van der Waals surface area contributed by atoms with E-state index in [1.54, 1.807) is 0 Å². The van der Waals surface area contributed by atoms with Crippen molar-refractivity contribution in [1.82, 2.24) is 0 Å². The molecule has 3 rings (SSSR count). The predicted molar refractivity (Wildman–Crippen MR) is 111 cm³/mol. The molecule has 0 aliphatic heterocycles. The number of hydrogen-bond acceptors (Lipinski definition) is 4. The molecule has 0 spiro atoms. The van der Waals surface area contributed by atoms with Gasteiger partial charge in [-0.3, -0.25) is 9.44 Å². The summed E-state index contributed by atoms with van der Waals surface area (Å²) in [6, 6.07) is 13.8. The van der Waals surface area contributed by atoms with Crippen LogP contribution in [0.25, 0.3) is 0 Å². The monoisotopic (exact) mass is 474 g/mol. The molecule has 0 bridgehead atoms. The third-order valence-electron chi connectivity index (χ3n) is 3.64. The molecule has 0 saturated heterocycles. The molecule has 6 nitrogen and oxygen atoms in total. The maximum atomic E-state index is 13.2. The fourth-order valence-corrected chi connectivity index (χ4v) is 5.20. The van der Waals surface area contributed by atoms with Crippen molar-refractivity contribution in [2.45, 2.75) is 9.79 Å². The van der Waals surface area contributed by atoms with Crippen molar-refractivity contribution in [1.29, 1.82) is 0 Å². The van der Waals surface area contributed by atoms with Gasteiger partial charge in [0.15, 0.2) is 0 Å². The topological polar surface area (TPSA) is 92.3 Å². The summed E-state index contributed by atoms with van der Waals surface area (Å²) in [5.41, 5.74) is 0.193. The number of hydrogen-bond donors (Lipinski definition) is 2. The molecule has 3 aromatic carbocycles. The second kappa shape index (κ2) is 8.19. The van der Waals surface area contributed by atoms with Gasteiger partial charge in [0.05, 0.1) is 15.5 Å². The maximum Gasteiger partial charge on any atom is 0.261 e. The minimum atomic E-state index is -3.99. The minimum Gasteiger partial charge on any atom is -0.280 e. The van der Waals surface area contributed by atoms with E-state index >= 15 is 0 Å². The average molecular weight is 475 g/mol. The van der Waals surface area contributed by atoms with Gasteiger partial charge in [0.2, 0.25) is 0 Å². The smallest absolute Gasteiger partial charge is 0.261 e. The lowest BCUT2D eigenvalue weighted by molar-refractivity contribution is 0.600. The van der Waals surface area contributed by atoms with Crippen LogP contribution < -0.4 is 9.44 Å². The van der Waals surface area contributed by atoms with Crippen LogP contribution in [-0.2, 0) is 20.0 Å². The summed E-state index contributed by atoms with van der Waals surface area (Å²) in [5.74, 6) is -0.587. The minimum absolute atomic E-state index is 0.0626. The van der Waals surface area contributed by atoms with Gasteiger partial charge < -0.3 is 0 Å². The zero-order valence-corrected chi connectivity index (χ0v) is 17.6. The van der Waals surface area contributed by atoms with E-state index in [0.29, 0.717) is 0 Å². The lowest BCUT2D eigenvalue weighted by Crippen LogP contribution is -2.14. The Bertz CT molecular complexity index is 1250. The molecule has 3 aromatic rings. The first-order valence-corrected chi connectivity index (χ1v) is 11.6. The molecule has 0 aromatic heterocycles. The van der Waals surface area contributed by atoms with Gasteiger partial charge in [0.25, 0.3) is 20.0 Å². The molecule has 0 radical (unpaired) electrons. The fraction of sp³-hybridized carbons (Fsp3) is 0. The Hall–Kier alpha value is -2.33. The Kier molecular flexibility index (Phi) is 6.04. The van der Waals surface area contributed by atoms with Crippen molar-refractivity contribution in [3.63, 3.8) is 0 Å². The third-order valence-corrected chi connectivity index (χ3v) is 6.83. The molecule has 0 aliphatic rings. The summed E-state index contributed by atoms with van der Waals surface area (Å²) in [4.78, 5) is -0.269. The number of benzene rings is 3. The average Bonchev–Trinajstić information content (AvgIpc) is 2.60. The second-order valence-corrected chi connectivity index (χ2v) is 10.1. The predicted octanol–water partition coefficient (Wildman–Crippen LogP) is 4.73. The Balaban J connectivity index is 1.80. The Morgan fingerprint density at radius 1 is 0.655 bits per heavy atom. The Labute approximate surface area is 177 Å². The third kappa shape index (κ3) is 5.39. The zero-order valence-electron chi connectivity index (χ0n) is 14.4. The molecule has 0 amide bonds. The first kappa shape index (κ1) is 21.4.